The number of benzene rings is 2. The van der Waals surface area contributed by atoms with Gasteiger partial charge in [-0.2, -0.15) is 0 Å². The van der Waals surface area contributed by atoms with Crippen LogP contribution < -0.4 is 4.72 Å². The number of anilines is 1. The molecule has 0 fully saturated rings. The Kier molecular flexibility index (Phi) is 4.64. The van der Waals surface area contributed by atoms with Crippen molar-refractivity contribution < 1.29 is 8.42 Å². The highest BCUT2D eigenvalue weighted by Crippen LogP contribution is 2.27. The first-order chi connectivity index (χ1) is 9.29. The summed E-state index contributed by atoms with van der Waals surface area (Å²) in [6, 6.07) is 9.45. The van der Waals surface area contributed by atoms with Crippen LogP contribution in [0.5, 0.6) is 0 Å². The van der Waals surface area contributed by atoms with Crippen molar-refractivity contribution in [3.8, 4) is 0 Å². The summed E-state index contributed by atoms with van der Waals surface area (Å²) in [4.78, 5) is 0.0226. The Balaban J connectivity index is 2.43. The molecule has 3 nitrogen and oxygen atoms in total. The van der Waals surface area contributed by atoms with Gasteiger partial charge in [-0.15, -0.1) is 0 Å². The van der Waals surface area contributed by atoms with Crippen LogP contribution in [0, 0.1) is 6.92 Å². The third-order valence-electron chi connectivity index (χ3n) is 2.66. The molecule has 7 heteroatoms. The van der Waals surface area contributed by atoms with E-state index in [0.29, 0.717) is 5.69 Å². The second-order valence-corrected chi connectivity index (χ2v) is 7.53. The van der Waals surface area contributed by atoms with Gasteiger partial charge in [-0.3, -0.25) is 4.72 Å². The van der Waals surface area contributed by atoms with E-state index >= 15 is 0 Å². The molecule has 1 N–H and O–H groups in total. The lowest BCUT2D eigenvalue weighted by molar-refractivity contribution is 0.601. The van der Waals surface area contributed by atoms with Gasteiger partial charge in [-0.1, -0.05) is 45.2 Å². The summed E-state index contributed by atoms with van der Waals surface area (Å²) in [6.07, 6.45) is 0. The molecule has 2 aromatic carbocycles. The SMILES string of the molecule is Cc1c(Br)cccc1NS(=O)(=O)c1cc(Cl)cc(Cl)c1. The number of halogens is 3. The van der Waals surface area contributed by atoms with Crippen molar-refractivity contribution in [2.45, 2.75) is 11.8 Å². The lowest BCUT2D eigenvalue weighted by Gasteiger charge is -2.12. The molecule has 20 heavy (non-hydrogen) atoms. The Morgan fingerprint density at radius 1 is 1.10 bits per heavy atom. The summed E-state index contributed by atoms with van der Waals surface area (Å²) >= 11 is 15.0. The zero-order chi connectivity index (χ0) is 14.9. The topological polar surface area (TPSA) is 46.2 Å². The maximum absolute atomic E-state index is 12.3. The second kappa shape index (κ2) is 5.93. The van der Waals surface area contributed by atoms with Gasteiger partial charge in [0.2, 0.25) is 0 Å². The summed E-state index contributed by atoms with van der Waals surface area (Å²) in [6.45, 7) is 1.81. The first kappa shape index (κ1) is 15.6. The summed E-state index contributed by atoms with van der Waals surface area (Å²) in [5.74, 6) is 0. The molecule has 0 saturated carbocycles. The van der Waals surface area contributed by atoms with Crippen LogP contribution in [0.1, 0.15) is 5.56 Å². The predicted molar refractivity (Wildman–Crippen MR) is 86.1 cm³/mol. The zero-order valence-corrected chi connectivity index (χ0v) is 14.2. The predicted octanol–water partition coefficient (Wildman–Crippen LogP) is 4.87. The summed E-state index contributed by atoms with van der Waals surface area (Å²) in [5.41, 5.74) is 1.29. The lowest BCUT2D eigenvalue weighted by atomic mass is 10.2. The van der Waals surface area contributed by atoms with Gasteiger partial charge in [0, 0.05) is 14.5 Å². The smallest absolute Gasteiger partial charge is 0.262 e. The van der Waals surface area contributed by atoms with Crippen LogP contribution in [0.15, 0.2) is 45.8 Å². The van der Waals surface area contributed by atoms with Crippen molar-refractivity contribution in [1.29, 1.82) is 0 Å². The molecule has 0 aliphatic carbocycles. The van der Waals surface area contributed by atoms with Crippen LogP contribution in [0.4, 0.5) is 5.69 Å². The van der Waals surface area contributed by atoms with Crippen molar-refractivity contribution >= 4 is 54.8 Å². The van der Waals surface area contributed by atoms with Gasteiger partial charge in [-0.25, -0.2) is 8.42 Å². The van der Waals surface area contributed by atoms with Gasteiger partial charge in [0.25, 0.3) is 10.0 Å². The number of rotatable bonds is 3. The molecular weight excluding hydrogens is 385 g/mol. The molecule has 0 aliphatic rings. The average molecular weight is 395 g/mol. The van der Waals surface area contributed by atoms with E-state index in [4.69, 9.17) is 23.2 Å². The Morgan fingerprint density at radius 2 is 1.70 bits per heavy atom. The fourth-order valence-electron chi connectivity index (χ4n) is 1.61. The minimum Gasteiger partial charge on any atom is -0.279 e. The Morgan fingerprint density at radius 3 is 2.30 bits per heavy atom. The fraction of sp³-hybridized carbons (Fsp3) is 0.0769. The molecular formula is C13H10BrCl2NO2S. The molecule has 2 aromatic rings. The lowest BCUT2D eigenvalue weighted by Crippen LogP contribution is -2.13. The van der Waals surface area contributed by atoms with E-state index < -0.39 is 10.0 Å². The van der Waals surface area contributed by atoms with E-state index in [9.17, 15) is 8.42 Å². The van der Waals surface area contributed by atoms with Gasteiger partial charge in [-0.05, 0) is 42.8 Å². The molecule has 0 spiro atoms. The summed E-state index contributed by atoms with van der Waals surface area (Å²) in [5, 5.41) is 0.535. The number of nitrogens with one attached hydrogen (secondary N) is 1. The number of sulfonamides is 1. The van der Waals surface area contributed by atoms with Crippen LogP contribution in [-0.4, -0.2) is 8.42 Å². The molecule has 106 valence electrons. The van der Waals surface area contributed by atoms with E-state index in [0.717, 1.165) is 10.0 Å². The monoisotopic (exact) mass is 393 g/mol. The Bertz CT molecular complexity index is 743. The molecule has 0 saturated heterocycles. The maximum Gasteiger partial charge on any atom is 0.262 e. The van der Waals surface area contributed by atoms with Crippen LogP contribution >= 0.6 is 39.1 Å². The third-order valence-corrected chi connectivity index (χ3v) is 5.30. The molecule has 0 aromatic heterocycles. The standard InChI is InChI=1S/C13H10BrCl2NO2S/c1-8-12(14)3-2-4-13(8)17-20(18,19)11-6-9(15)5-10(16)7-11/h2-7,17H,1H3. The van der Waals surface area contributed by atoms with Gasteiger partial charge in [0.15, 0.2) is 0 Å². The molecule has 0 amide bonds. The van der Waals surface area contributed by atoms with Gasteiger partial charge >= 0.3 is 0 Å². The molecule has 0 bridgehead atoms. The number of hydrogen-bond donors (Lipinski definition) is 1. The van der Waals surface area contributed by atoms with Crippen LogP contribution in [0.2, 0.25) is 10.0 Å². The quantitative estimate of drug-likeness (QED) is 0.807. The Hall–Kier alpha value is -0.750. The molecule has 0 unspecified atom stereocenters. The van der Waals surface area contributed by atoms with Crippen molar-refractivity contribution in [1.82, 2.24) is 0 Å². The summed E-state index contributed by atoms with van der Waals surface area (Å²) < 4.78 is 28.0. The minimum absolute atomic E-state index is 0.0226. The highest BCUT2D eigenvalue weighted by molar-refractivity contribution is 9.10. The van der Waals surface area contributed by atoms with Crippen LogP contribution in [0.3, 0.4) is 0 Å². The average Bonchev–Trinajstić information content (AvgIpc) is 2.33. The molecule has 0 aliphatic heterocycles. The minimum atomic E-state index is -3.74. The van der Waals surface area contributed by atoms with E-state index in [-0.39, 0.29) is 14.9 Å². The highest BCUT2D eigenvalue weighted by Gasteiger charge is 2.17. The van der Waals surface area contributed by atoms with Gasteiger partial charge < -0.3 is 0 Å². The molecule has 0 atom stereocenters. The maximum atomic E-state index is 12.3. The second-order valence-electron chi connectivity index (χ2n) is 4.12. The molecule has 0 radical (unpaired) electrons. The fourth-order valence-corrected chi connectivity index (χ4v) is 3.82. The first-order valence-electron chi connectivity index (χ1n) is 5.53. The van der Waals surface area contributed by atoms with E-state index in [2.05, 4.69) is 20.7 Å². The largest absolute Gasteiger partial charge is 0.279 e. The van der Waals surface area contributed by atoms with Gasteiger partial charge in [0.1, 0.15) is 0 Å². The zero-order valence-electron chi connectivity index (χ0n) is 10.3. The number of hydrogen-bond acceptors (Lipinski definition) is 2. The van der Waals surface area contributed by atoms with E-state index in [1.54, 1.807) is 12.1 Å². The van der Waals surface area contributed by atoms with Crippen LogP contribution in [-0.2, 0) is 10.0 Å². The molecule has 2 rings (SSSR count). The van der Waals surface area contributed by atoms with E-state index in [1.165, 1.54) is 18.2 Å². The summed E-state index contributed by atoms with van der Waals surface area (Å²) in [7, 11) is -3.74. The van der Waals surface area contributed by atoms with Crippen molar-refractivity contribution in [3.63, 3.8) is 0 Å². The highest BCUT2D eigenvalue weighted by atomic mass is 79.9. The van der Waals surface area contributed by atoms with Crippen molar-refractivity contribution in [2.24, 2.45) is 0 Å². The third kappa shape index (κ3) is 3.47. The van der Waals surface area contributed by atoms with Crippen LogP contribution in [0.25, 0.3) is 0 Å². The normalized spacial score (nSPS) is 11.4. The van der Waals surface area contributed by atoms with Crippen molar-refractivity contribution in [2.75, 3.05) is 4.72 Å². The first-order valence-corrected chi connectivity index (χ1v) is 8.57. The van der Waals surface area contributed by atoms with E-state index in [1.807, 2.05) is 13.0 Å². The molecule has 0 heterocycles. The van der Waals surface area contributed by atoms with Crippen molar-refractivity contribution in [3.05, 3.63) is 56.5 Å². The Labute approximate surface area is 136 Å². The van der Waals surface area contributed by atoms with Gasteiger partial charge in [0.05, 0.1) is 10.6 Å².